The Labute approximate surface area is 125 Å². The van der Waals surface area contributed by atoms with E-state index in [1.807, 2.05) is 0 Å². The first-order chi connectivity index (χ1) is 9.79. The summed E-state index contributed by atoms with van der Waals surface area (Å²) < 4.78 is 5.09. The standard InChI is InChI=1S/C16H23NO2S/c1-19-12-13-6-8-15(9-7-13)20-11-10-17-16(18)14-4-2-3-5-14/h6-9,14H,2-5,10-12H2,1H3,(H,17,18). The maximum atomic E-state index is 11.8. The molecule has 0 atom stereocenters. The van der Waals surface area contributed by atoms with Crippen molar-refractivity contribution in [2.45, 2.75) is 37.2 Å². The Kier molecular flexibility index (Phi) is 6.40. The van der Waals surface area contributed by atoms with Crippen LogP contribution in [0.15, 0.2) is 29.2 Å². The Morgan fingerprint density at radius 2 is 2.00 bits per heavy atom. The van der Waals surface area contributed by atoms with Crippen LogP contribution in [0.3, 0.4) is 0 Å². The van der Waals surface area contributed by atoms with Gasteiger partial charge in [-0.2, -0.15) is 0 Å². The molecule has 1 aromatic carbocycles. The number of hydrogen-bond acceptors (Lipinski definition) is 3. The summed E-state index contributed by atoms with van der Waals surface area (Å²) in [6.45, 7) is 1.40. The molecule has 3 nitrogen and oxygen atoms in total. The van der Waals surface area contributed by atoms with Crippen LogP contribution in [0.2, 0.25) is 0 Å². The minimum Gasteiger partial charge on any atom is -0.380 e. The van der Waals surface area contributed by atoms with E-state index in [2.05, 4.69) is 29.6 Å². The average molecular weight is 293 g/mol. The molecule has 2 rings (SSSR count). The van der Waals surface area contributed by atoms with Crippen LogP contribution in [0.1, 0.15) is 31.2 Å². The Bertz CT molecular complexity index is 413. The summed E-state index contributed by atoms with van der Waals surface area (Å²) in [5.74, 6) is 1.44. The highest BCUT2D eigenvalue weighted by atomic mass is 32.2. The smallest absolute Gasteiger partial charge is 0.223 e. The summed E-state index contributed by atoms with van der Waals surface area (Å²) in [6, 6.07) is 8.39. The van der Waals surface area contributed by atoms with Crippen molar-refractivity contribution in [1.82, 2.24) is 5.32 Å². The van der Waals surface area contributed by atoms with Crippen LogP contribution in [0.25, 0.3) is 0 Å². The third kappa shape index (κ3) is 4.84. The molecule has 1 aromatic rings. The number of carbonyl (C=O) groups excluding carboxylic acids is 1. The first-order valence-corrected chi connectivity index (χ1v) is 8.26. The molecule has 1 amide bonds. The molecular formula is C16H23NO2S. The van der Waals surface area contributed by atoms with Crippen molar-refractivity contribution in [2.75, 3.05) is 19.4 Å². The summed E-state index contributed by atoms with van der Waals surface area (Å²) in [6.07, 6.45) is 4.56. The van der Waals surface area contributed by atoms with E-state index in [1.165, 1.54) is 23.3 Å². The second-order valence-corrected chi connectivity index (χ2v) is 6.37. The Hall–Kier alpha value is -1.00. The number of amides is 1. The van der Waals surface area contributed by atoms with Gasteiger partial charge in [-0.1, -0.05) is 25.0 Å². The van der Waals surface area contributed by atoms with Crippen molar-refractivity contribution < 1.29 is 9.53 Å². The number of benzene rings is 1. The van der Waals surface area contributed by atoms with E-state index in [9.17, 15) is 4.79 Å². The van der Waals surface area contributed by atoms with E-state index >= 15 is 0 Å². The Balaban J connectivity index is 1.63. The number of rotatable bonds is 7. The van der Waals surface area contributed by atoms with Gasteiger partial charge < -0.3 is 10.1 Å². The van der Waals surface area contributed by atoms with Crippen LogP contribution < -0.4 is 5.32 Å². The molecule has 1 N–H and O–H groups in total. The van der Waals surface area contributed by atoms with Gasteiger partial charge in [0.05, 0.1) is 6.61 Å². The Morgan fingerprint density at radius 1 is 1.30 bits per heavy atom. The molecule has 20 heavy (non-hydrogen) atoms. The zero-order valence-corrected chi connectivity index (χ0v) is 12.9. The first-order valence-electron chi connectivity index (χ1n) is 7.28. The van der Waals surface area contributed by atoms with E-state index in [1.54, 1.807) is 18.9 Å². The highest BCUT2D eigenvalue weighted by Gasteiger charge is 2.21. The molecule has 4 heteroatoms. The number of methoxy groups -OCH3 is 1. The van der Waals surface area contributed by atoms with Gasteiger partial charge in [-0.05, 0) is 30.5 Å². The van der Waals surface area contributed by atoms with Crippen molar-refractivity contribution in [1.29, 1.82) is 0 Å². The molecule has 1 aliphatic rings. The lowest BCUT2D eigenvalue weighted by molar-refractivity contribution is -0.124. The zero-order valence-electron chi connectivity index (χ0n) is 12.1. The van der Waals surface area contributed by atoms with Crippen LogP contribution in [0.4, 0.5) is 0 Å². The van der Waals surface area contributed by atoms with E-state index in [4.69, 9.17) is 4.74 Å². The maximum absolute atomic E-state index is 11.8. The molecular weight excluding hydrogens is 270 g/mol. The van der Waals surface area contributed by atoms with Crippen LogP contribution in [-0.2, 0) is 16.1 Å². The van der Waals surface area contributed by atoms with E-state index in [0.717, 1.165) is 25.1 Å². The number of hydrogen-bond donors (Lipinski definition) is 1. The summed E-state index contributed by atoms with van der Waals surface area (Å²) in [4.78, 5) is 13.1. The van der Waals surface area contributed by atoms with Gasteiger partial charge in [0, 0.05) is 30.2 Å². The fraction of sp³-hybridized carbons (Fsp3) is 0.562. The van der Waals surface area contributed by atoms with Gasteiger partial charge in [-0.25, -0.2) is 0 Å². The predicted octanol–water partition coefficient (Wildman–Crippen LogP) is 3.23. The quantitative estimate of drug-likeness (QED) is 0.619. The summed E-state index contributed by atoms with van der Waals surface area (Å²) >= 11 is 1.78. The molecule has 0 heterocycles. The van der Waals surface area contributed by atoms with E-state index in [0.29, 0.717) is 6.61 Å². The monoisotopic (exact) mass is 293 g/mol. The van der Waals surface area contributed by atoms with Gasteiger partial charge in [0.25, 0.3) is 0 Å². The molecule has 0 aromatic heterocycles. The highest BCUT2D eigenvalue weighted by molar-refractivity contribution is 7.99. The van der Waals surface area contributed by atoms with Gasteiger partial charge >= 0.3 is 0 Å². The second kappa shape index (κ2) is 8.32. The van der Waals surface area contributed by atoms with Crippen molar-refractivity contribution in [3.8, 4) is 0 Å². The maximum Gasteiger partial charge on any atom is 0.223 e. The molecule has 0 unspecified atom stereocenters. The van der Waals surface area contributed by atoms with Crippen LogP contribution in [0, 0.1) is 5.92 Å². The minimum absolute atomic E-state index is 0.249. The molecule has 0 aliphatic heterocycles. The van der Waals surface area contributed by atoms with Gasteiger partial charge in [0.2, 0.25) is 5.91 Å². The fourth-order valence-electron chi connectivity index (χ4n) is 2.52. The molecule has 1 fully saturated rings. The third-order valence-corrected chi connectivity index (χ3v) is 4.64. The normalized spacial score (nSPS) is 15.4. The lowest BCUT2D eigenvalue weighted by atomic mass is 10.1. The molecule has 0 saturated heterocycles. The van der Waals surface area contributed by atoms with Crippen molar-refractivity contribution in [3.63, 3.8) is 0 Å². The van der Waals surface area contributed by atoms with Crippen LogP contribution in [0.5, 0.6) is 0 Å². The largest absolute Gasteiger partial charge is 0.380 e. The molecule has 110 valence electrons. The molecule has 0 spiro atoms. The van der Waals surface area contributed by atoms with E-state index in [-0.39, 0.29) is 11.8 Å². The van der Waals surface area contributed by atoms with Crippen LogP contribution in [-0.4, -0.2) is 25.3 Å². The average Bonchev–Trinajstić information content (AvgIpc) is 3.00. The minimum atomic E-state index is 0.249. The number of nitrogens with one attached hydrogen (secondary N) is 1. The summed E-state index contributed by atoms with van der Waals surface area (Å²) in [7, 11) is 1.70. The highest BCUT2D eigenvalue weighted by Crippen LogP contribution is 2.24. The lowest BCUT2D eigenvalue weighted by Crippen LogP contribution is -2.30. The topological polar surface area (TPSA) is 38.3 Å². The number of carbonyl (C=O) groups is 1. The molecule has 0 bridgehead atoms. The SMILES string of the molecule is COCc1ccc(SCCNC(=O)C2CCCC2)cc1. The number of ether oxygens (including phenoxy) is 1. The van der Waals surface area contributed by atoms with Crippen molar-refractivity contribution >= 4 is 17.7 Å². The van der Waals surface area contributed by atoms with Crippen molar-refractivity contribution in [2.24, 2.45) is 5.92 Å². The number of thioether (sulfide) groups is 1. The third-order valence-electron chi connectivity index (χ3n) is 3.63. The lowest BCUT2D eigenvalue weighted by Gasteiger charge is -2.10. The molecule has 1 aliphatic carbocycles. The van der Waals surface area contributed by atoms with Gasteiger partial charge in [-0.15, -0.1) is 11.8 Å². The van der Waals surface area contributed by atoms with Crippen molar-refractivity contribution in [3.05, 3.63) is 29.8 Å². The second-order valence-electron chi connectivity index (χ2n) is 5.20. The van der Waals surface area contributed by atoms with Gasteiger partial charge in [0.1, 0.15) is 0 Å². The van der Waals surface area contributed by atoms with Crippen LogP contribution >= 0.6 is 11.8 Å². The zero-order chi connectivity index (χ0) is 14.2. The summed E-state index contributed by atoms with van der Waals surface area (Å²) in [5, 5.41) is 3.05. The van der Waals surface area contributed by atoms with Gasteiger partial charge in [0.15, 0.2) is 0 Å². The molecule has 0 radical (unpaired) electrons. The predicted molar refractivity (Wildman–Crippen MR) is 82.8 cm³/mol. The first kappa shape index (κ1) is 15.4. The Morgan fingerprint density at radius 3 is 2.65 bits per heavy atom. The van der Waals surface area contributed by atoms with Gasteiger partial charge in [-0.3, -0.25) is 4.79 Å². The fourth-order valence-corrected chi connectivity index (χ4v) is 3.29. The molecule has 1 saturated carbocycles. The summed E-state index contributed by atoms with van der Waals surface area (Å²) in [5.41, 5.74) is 1.19. The van der Waals surface area contributed by atoms with E-state index < -0.39 is 0 Å².